The molecule has 1 aliphatic heterocycles. The van der Waals surface area contributed by atoms with Crippen LogP contribution < -0.4 is 0 Å². The minimum Gasteiger partial charge on any atom is -0.389 e. The molecule has 2 aliphatic rings. The van der Waals surface area contributed by atoms with E-state index in [9.17, 15) is 9.90 Å². The molecule has 1 heterocycles. The third-order valence-corrected chi connectivity index (χ3v) is 5.10. The average molecular weight is 282 g/mol. The van der Waals surface area contributed by atoms with Crippen molar-refractivity contribution in [2.24, 2.45) is 11.8 Å². The van der Waals surface area contributed by atoms with Gasteiger partial charge in [0.1, 0.15) is 0 Å². The average Bonchev–Trinajstić information content (AvgIpc) is 2.42. The molecule has 1 saturated heterocycles. The Bertz CT molecular complexity index is 327. The Hall–Kier alpha value is -0.610. The fourth-order valence-electron chi connectivity index (χ4n) is 3.58. The van der Waals surface area contributed by atoms with Gasteiger partial charge >= 0.3 is 0 Å². The lowest BCUT2D eigenvalue weighted by molar-refractivity contribution is -0.134. The van der Waals surface area contributed by atoms with Crippen LogP contribution in [0.5, 0.6) is 0 Å². The summed E-state index contributed by atoms with van der Waals surface area (Å²) in [7, 11) is 3.67. The number of hydrogen-bond acceptors (Lipinski definition) is 3. The summed E-state index contributed by atoms with van der Waals surface area (Å²) in [6.07, 6.45) is 6.03. The second kappa shape index (κ2) is 6.44. The van der Waals surface area contributed by atoms with Crippen molar-refractivity contribution in [1.29, 1.82) is 0 Å². The first-order valence-corrected chi connectivity index (χ1v) is 8.05. The number of rotatable bonds is 3. The highest BCUT2D eigenvalue weighted by atomic mass is 16.3. The highest BCUT2D eigenvalue weighted by Crippen LogP contribution is 2.33. The Kier molecular flexibility index (Phi) is 5.08. The van der Waals surface area contributed by atoms with Crippen LogP contribution in [-0.2, 0) is 4.79 Å². The highest BCUT2D eigenvalue weighted by Gasteiger charge is 2.35. The van der Waals surface area contributed by atoms with Gasteiger partial charge in [-0.25, -0.2) is 0 Å². The molecule has 4 nitrogen and oxygen atoms in total. The zero-order chi connectivity index (χ0) is 14.8. The first-order chi connectivity index (χ1) is 9.39. The molecule has 20 heavy (non-hydrogen) atoms. The van der Waals surface area contributed by atoms with E-state index in [0.29, 0.717) is 0 Å². The lowest BCUT2D eigenvalue weighted by Crippen LogP contribution is -2.49. The number of piperidine rings is 1. The smallest absolute Gasteiger partial charge is 0.225 e. The molecule has 2 fully saturated rings. The normalized spacial score (nSPS) is 33.1. The Labute approximate surface area is 123 Å². The van der Waals surface area contributed by atoms with Crippen molar-refractivity contribution < 1.29 is 9.90 Å². The zero-order valence-electron chi connectivity index (χ0n) is 13.3. The van der Waals surface area contributed by atoms with E-state index in [-0.39, 0.29) is 11.8 Å². The Morgan fingerprint density at radius 2 is 1.75 bits per heavy atom. The van der Waals surface area contributed by atoms with Gasteiger partial charge < -0.3 is 14.9 Å². The summed E-state index contributed by atoms with van der Waals surface area (Å²) in [6, 6.07) is 0. The maximum absolute atomic E-state index is 12.0. The number of amides is 1. The standard InChI is InChI=1S/C16H30N2O2/c1-13-4-8-16(20,9-5-13)12-18-10-6-14(7-11-18)15(19)17(2)3/h13-14,20H,4-12H2,1-3H3. The van der Waals surface area contributed by atoms with Crippen molar-refractivity contribution in [3.8, 4) is 0 Å². The van der Waals surface area contributed by atoms with E-state index in [1.54, 1.807) is 4.90 Å². The summed E-state index contributed by atoms with van der Waals surface area (Å²) < 4.78 is 0. The molecule has 0 atom stereocenters. The molecule has 116 valence electrons. The van der Waals surface area contributed by atoms with Crippen LogP contribution >= 0.6 is 0 Å². The summed E-state index contributed by atoms with van der Waals surface area (Å²) in [5.41, 5.74) is -0.481. The number of hydrogen-bond donors (Lipinski definition) is 1. The second-order valence-corrected chi connectivity index (χ2v) is 7.19. The van der Waals surface area contributed by atoms with Crippen molar-refractivity contribution in [3.63, 3.8) is 0 Å². The monoisotopic (exact) mass is 282 g/mol. The van der Waals surface area contributed by atoms with Gasteiger partial charge in [0, 0.05) is 26.6 Å². The van der Waals surface area contributed by atoms with E-state index in [1.807, 2.05) is 14.1 Å². The molecule has 0 spiro atoms. The number of β-amino-alcohol motifs (C(OH)–C–C–N with tert-alkyl or cyclic N) is 1. The number of carbonyl (C=O) groups is 1. The van der Waals surface area contributed by atoms with Crippen LogP contribution in [-0.4, -0.2) is 60.1 Å². The van der Waals surface area contributed by atoms with Gasteiger partial charge in [0.25, 0.3) is 0 Å². The van der Waals surface area contributed by atoms with Crippen LogP contribution in [0, 0.1) is 11.8 Å². The largest absolute Gasteiger partial charge is 0.389 e. The third kappa shape index (κ3) is 3.95. The van der Waals surface area contributed by atoms with Crippen LogP contribution in [0.1, 0.15) is 45.4 Å². The van der Waals surface area contributed by atoms with E-state index in [0.717, 1.165) is 64.1 Å². The molecule has 1 N–H and O–H groups in total. The van der Waals surface area contributed by atoms with Crippen molar-refractivity contribution in [2.75, 3.05) is 33.7 Å². The molecule has 0 aromatic heterocycles. The number of nitrogens with zero attached hydrogens (tertiary/aromatic N) is 2. The van der Waals surface area contributed by atoms with Gasteiger partial charge in [0.05, 0.1) is 5.60 Å². The number of aliphatic hydroxyl groups is 1. The van der Waals surface area contributed by atoms with E-state index >= 15 is 0 Å². The van der Waals surface area contributed by atoms with E-state index in [4.69, 9.17) is 0 Å². The summed E-state index contributed by atoms with van der Waals surface area (Å²) in [6.45, 7) is 4.96. The maximum atomic E-state index is 12.0. The minimum atomic E-state index is -0.481. The summed E-state index contributed by atoms with van der Waals surface area (Å²) >= 11 is 0. The molecule has 0 bridgehead atoms. The molecule has 2 rings (SSSR count). The van der Waals surface area contributed by atoms with Gasteiger partial charge in [-0.1, -0.05) is 6.92 Å². The van der Waals surface area contributed by atoms with Crippen molar-refractivity contribution in [3.05, 3.63) is 0 Å². The molecule has 1 amide bonds. The van der Waals surface area contributed by atoms with Crippen LogP contribution in [0.25, 0.3) is 0 Å². The van der Waals surface area contributed by atoms with Crippen molar-refractivity contribution in [1.82, 2.24) is 9.80 Å². The van der Waals surface area contributed by atoms with Crippen molar-refractivity contribution >= 4 is 5.91 Å². The van der Waals surface area contributed by atoms with E-state index in [1.165, 1.54) is 0 Å². The molecule has 1 saturated carbocycles. The Morgan fingerprint density at radius 1 is 1.20 bits per heavy atom. The van der Waals surface area contributed by atoms with E-state index < -0.39 is 5.60 Å². The molecule has 1 aliphatic carbocycles. The molecule has 0 aromatic rings. The molecule has 0 aromatic carbocycles. The third-order valence-electron chi connectivity index (χ3n) is 5.10. The number of likely N-dealkylation sites (tertiary alicyclic amines) is 1. The molecular formula is C16H30N2O2. The van der Waals surface area contributed by atoms with Gasteiger partial charge in [-0.2, -0.15) is 0 Å². The summed E-state index contributed by atoms with van der Waals surface area (Å²) in [4.78, 5) is 16.0. The van der Waals surface area contributed by atoms with E-state index in [2.05, 4.69) is 11.8 Å². The van der Waals surface area contributed by atoms with Gasteiger partial charge in [-0.3, -0.25) is 4.79 Å². The molecule has 4 heteroatoms. The Morgan fingerprint density at radius 3 is 2.25 bits per heavy atom. The predicted molar refractivity (Wildman–Crippen MR) is 80.4 cm³/mol. The van der Waals surface area contributed by atoms with Crippen molar-refractivity contribution in [2.45, 2.75) is 51.0 Å². The molecule has 0 unspecified atom stereocenters. The second-order valence-electron chi connectivity index (χ2n) is 7.19. The topological polar surface area (TPSA) is 43.8 Å². The van der Waals surface area contributed by atoms with Gasteiger partial charge in [-0.05, 0) is 57.5 Å². The fraction of sp³-hybridized carbons (Fsp3) is 0.938. The lowest BCUT2D eigenvalue weighted by Gasteiger charge is -2.41. The lowest BCUT2D eigenvalue weighted by atomic mass is 9.79. The van der Waals surface area contributed by atoms with Gasteiger partial charge in [0.15, 0.2) is 0 Å². The number of carbonyl (C=O) groups excluding carboxylic acids is 1. The quantitative estimate of drug-likeness (QED) is 0.857. The molecular weight excluding hydrogens is 252 g/mol. The maximum Gasteiger partial charge on any atom is 0.225 e. The van der Waals surface area contributed by atoms with Crippen LogP contribution in [0.4, 0.5) is 0 Å². The zero-order valence-corrected chi connectivity index (χ0v) is 13.3. The Balaban J connectivity index is 1.78. The first-order valence-electron chi connectivity index (χ1n) is 8.05. The SMILES string of the molecule is CC1CCC(O)(CN2CCC(C(=O)N(C)C)CC2)CC1. The van der Waals surface area contributed by atoms with Crippen LogP contribution in [0.2, 0.25) is 0 Å². The molecule has 0 radical (unpaired) electrons. The fourth-order valence-corrected chi connectivity index (χ4v) is 3.58. The van der Waals surface area contributed by atoms with Gasteiger partial charge in [0.2, 0.25) is 5.91 Å². The summed E-state index contributed by atoms with van der Waals surface area (Å²) in [5.74, 6) is 1.20. The van der Waals surface area contributed by atoms with Crippen LogP contribution in [0.3, 0.4) is 0 Å². The minimum absolute atomic E-state index is 0.183. The highest BCUT2D eigenvalue weighted by molar-refractivity contribution is 5.78. The summed E-state index contributed by atoms with van der Waals surface area (Å²) in [5, 5.41) is 10.7. The first kappa shape index (κ1) is 15.8. The van der Waals surface area contributed by atoms with Crippen LogP contribution in [0.15, 0.2) is 0 Å². The van der Waals surface area contributed by atoms with Gasteiger partial charge in [-0.15, -0.1) is 0 Å². The predicted octanol–water partition coefficient (Wildman–Crippen LogP) is 1.73.